The molecule has 0 radical (unpaired) electrons. The molecule has 0 N–H and O–H groups in total. The monoisotopic (exact) mass is 155 g/mol. The van der Waals surface area contributed by atoms with E-state index >= 15 is 0 Å². The van der Waals surface area contributed by atoms with Gasteiger partial charge in [0.05, 0.1) is 6.07 Å². The molecule has 0 unspecified atom stereocenters. The first-order valence-corrected chi connectivity index (χ1v) is 4.93. The smallest absolute Gasteiger partial charge is 0.0627 e. The molecule has 0 aromatic heterocycles. The number of nitriles is 1. The molecular weight excluding hydrogens is 142 g/mol. The van der Waals surface area contributed by atoms with Crippen molar-refractivity contribution in [1.29, 1.82) is 5.26 Å². The summed E-state index contributed by atoms with van der Waals surface area (Å²) in [5.41, 5.74) is 0.454. The Kier molecular flexibility index (Phi) is 2.62. The molecule has 0 amide bonds. The minimum atomic E-state index is 0.454. The first kappa shape index (κ1) is 7.94. The van der Waals surface area contributed by atoms with Crippen LogP contribution in [0.1, 0.15) is 26.2 Å². The van der Waals surface area contributed by atoms with Crippen LogP contribution in [-0.4, -0.2) is 11.5 Å². The van der Waals surface area contributed by atoms with Gasteiger partial charge in [0.25, 0.3) is 0 Å². The van der Waals surface area contributed by atoms with Crippen LogP contribution in [0.15, 0.2) is 0 Å². The third-order valence-electron chi connectivity index (χ3n) is 2.02. The second kappa shape index (κ2) is 3.30. The fourth-order valence-electron chi connectivity index (χ4n) is 1.04. The molecule has 1 fully saturated rings. The van der Waals surface area contributed by atoms with Gasteiger partial charge in [0, 0.05) is 6.42 Å². The Balaban J connectivity index is 2.18. The van der Waals surface area contributed by atoms with Crippen molar-refractivity contribution < 1.29 is 0 Å². The third kappa shape index (κ3) is 1.91. The number of hydrogen-bond donors (Lipinski definition) is 0. The van der Waals surface area contributed by atoms with Gasteiger partial charge in [-0.05, 0) is 29.8 Å². The minimum Gasteiger partial charge on any atom is -0.198 e. The second-order valence-corrected chi connectivity index (χ2v) is 4.25. The van der Waals surface area contributed by atoms with Crippen LogP contribution in [0.4, 0.5) is 0 Å². The van der Waals surface area contributed by atoms with Gasteiger partial charge >= 0.3 is 0 Å². The summed E-state index contributed by atoms with van der Waals surface area (Å²) < 4.78 is 0. The number of hydrogen-bond acceptors (Lipinski definition) is 2. The van der Waals surface area contributed by atoms with Gasteiger partial charge in [-0.3, -0.25) is 0 Å². The number of nitrogens with zero attached hydrogens (tertiary/aromatic N) is 1. The fourth-order valence-corrected chi connectivity index (χ4v) is 2.06. The lowest BCUT2D eigenvalue weighted by Crippen LogP contribution is -2.02. The molecule has 1 nitrogen and oxygen atoms in total. The predicted molar refractivity (Wildman–Crippen MR) is 44.9 cm³/mol. The molecule has 0 spiro atoms. The van der Waals surface area contributed by atoms with Gasteiger partial charge in [-0.15, -0.1) is 0 Å². The van der Waals surface area contributed by atoms with Crippen LogP contribution < -0.4 is 0 Å². The molecule has 1 aliphatic rings. The Labute approximate surface area is 66.8 Å². The summed E-state index contributed by atoms with van der Waals surface area (Å²) in [5, 5.41) is 8.48. The summed E-state index contributed by atoms with van der Waals surface area (Å²) in [6.07, 6.45) is 3.35. The molecule has 0 saturated heterocycles. The van der Waals surface area contributed by atoms with E-state index in [0.717, 1.165) is 6.42 Å². The zero-order valence-corrected chi connectivity index (χ0v) is 7.21. The van der Waals surface area contributed by atoms with Gasteiger partial charge in [0.15, 0.2) is 0 Å². The Morgan fingerprint density at radius 2 is 2.30 bits per heavy atom. The van der Waals surface area contributed by atoms with Crippen molar-refractivity contribution in [1.82, 2.24) is 0 Å². The van der Waals surface area contributed by atoms with Crippen LogP contribution in [0.3, 0.4) is 0 Å². The quantitative estimate of drug-likeness (QED) is 0.622. The van der Waals surface area contributed by atoms with Crippen molar-refractivity contribution in [3.05, 3.63) is 0 Å². The van der Waals surface area contributed by atoms with E-state index in [1.165, 1.54) is 24.3 Å². The van der Waals surface area contributed by atoms with E-state index in [1.54, 1.807) is 0 Å². The van der Waals surface area contributed by atoms with E-state index in [4.69, 9.17) is 5.26 Å². The second-order valence-electron chi connectivity index (χ2n) is 2.97. The van der Waals surface area contributed by atoms with Crippen molar-refractivity contribution in [2.75, 3.05) is 11.5 Å². The van der Waals surface area contributed by atoms with E-state index in [-0.39, 0.29) is 0 Å². The lowest BCUT2D eigenvalue weighted by Gasteiger charge is -2.07. The van der Waals surface area contributed by atoms with Gasteiger partial charge in [-0.1, -0.05) is 6.92 Å². The van der Waals surface area contributed by atoms with Crippen LogP contribution in [0, 0.1) is 16.7 Å². The highest BCUT2D eigenvalue weighted by Crippen LogP contribution is 2.50. The molecule has 0 atom stereocenters. The summed E-state index contributed by atoms with van der Waals surface area (Å²) in [7, 11) is 0. The topological polar surface area (TPSA) is 23.8 Å². The zero-order valence-electron chi connectivity index (χ0n) is 6.39. The number of rotatable bonds is 4. The SMILES string of the molecule is CCSCC1(CC#N)CC1. The van der Waals surface area contributed by atoms with E-state index < -0.39 is 0 Å². The Morgan fingerprint density at radius 1 is 1.60 bits per heavy atom. The first-order chi connectivity index (χ1) is 4.83. The maximum absolute atomic E-state index is 8.48. The zero-order chi connectivity index (χ0) is 7.45. The Morgan fingerprint density at radius 3 is 2.70 bits per heavy atom. The average Bonchev–Trinajstić information content (AvgIpc) is 2.67. The summed E-state index contributed by atoms with van der Waals surface area (Å²) >= 11 is 1.97. The van der Waals surface area contributed by atoms with Crippen molar-refractivity contribution in [3.63, 3.8) is 0 Å². The fraction of sp³-hybridized carbons (Fsp3) is 0.875. The maximum atomic E-state index is 8.48. The van der Waals surface area contributed by atoms with Crippen LogP contribution >= 0.6 is 11.8 Å². The molecule has 0 bridgehead atoms. The first-order valence-electron chi connectivity index (χ1n) is 3.78. The van der Waals surface area contributed by atoms with Crippen LogP contribution in [-0.2, 0) is 0 Å². The van der Waals surface area contributed by atoms with Crippen molar-refractivity contribution in [2.45, 2.75) is 26.2 Å². The molecule has 2 heteroatoms. The third-order valence-corrected chi connectivity index (χ3v) is 3.25. The van der Waals surface area contributed by atoms with Gasteiger partial charge in [-0.2, -0.15) is 17.0 Å². The average molecular weight is 155 g/mol. The molecule has 10 heavy (non-hydrogen) atoms. The molecule has 0 aliphatic heterocycles. The van der Waals surface area contributed by atoms with Crippen LogP contribution in [0.2, 0.25) is 0 Å². The van der Waals surface area contributed by atoms with Gasteiger partial charge < -0.3 is 0 Å². The highest BCUT2D eigenvalue weighted by atomic mass is 32.2. The molecule has 1 saturated carbocycles. The molecule has 0 aromatic carbocycles. The molecule has 0 heterocycles. The van der Waals surface area contributed by atoms with Gasteiger partial charge in [0.2, 0.25) is 0 Å². The van der Waals surface area contributed by atoms with E-state index in [9.17, 15) is 0 Å². The minimum absolute atomic E-state index is 0.454. The van der Waals surface area contributed by atoms with Gasteiger partial charge in [0.1, 0.15) is 0 Å². The largest absolute Gasteiger partial charge is 0.198 e. The molecule has 0 aromatic rings. The predicted octanol–water partition coefficient (Wildman–Crippen LogP) is 2.43. The van der Waals surface area contributed by atoms with Gasteiger partial charge in [-0.25, -0.2) is 0 Å². The Hall–Kier alpha value is -0.160. The van der Waals surface area contributed by atoms with E-state index in [0.29, 0.717) is 5.41 Å². The summed E-state index contributed by atoms with van der Waals surface area (Å²) in [6.45, 7) is 2.17. The van der Waals surface area contributed by atoms with E-state index in [1.807, 2.05) is 11.8 Å². The molecular formula is C8H13NS. The summed E-state index contributed by atoms with van der Waals surface area (Å²) in [4.78, 5) is 0. The Bertz CT molecular complexity index is 144. The normalized spacial score (nSPS) is 20.0. The summed E-state index contributed by atoms with van der Waals surface area (Å²) in [6, 6.07) is 2.27. The standard InChI is InChI=1S/C8H13NS/c1-2-10-7-8(3-4-8)5-6-9/h2-5,7H2,1H3. The number of thioether (sulfide) groups is 1. The molecule has 56 valence electrons. The van der Waals surface area contributed by atoms with Crippen molar-refractivity contribution in [2.24, 2.45) is 5.41 Å². The molecule has 1 aliphatic carbocycles. The maximum Gasteiger partial charge on any atom is 0.0627 e. The lowest BCUT2D eigenvalue weighted by atomic mass is 10.1. The van der Waals surface area contributed by atoms with E-state index in [2.05, 4.69) is 13.0 Å². The van der Waals surface area contributed by atoms with Crippen molar-refractivity contribution >= 4 is 11.8 Å². The van der Waals surface area contributed by atoms with Crippen LogP contribution in [0.5, 0.6) is 0 Å². The summed E-state index contributed by atoms with van der Waals surface area (Å²) in [5.74, 6) is 2.39. The molecule has 1 rings (SSSR count). The lowest BCUT2D eigenvalue weighted by molar-refractivity contribution is 0.604. The highest BCUT2D eigenvalue weighted by Gasteiger charge is 2.41. The van der Waals surface area contributed by atoms with Crippen molar-refractivity contribution in [3.8, 4) is 6.07 Å². The highest BCUT2D eigenvalue weighted by molar-refractivity contribution is 7.99. The van der Waals surface area contributed by atoms with Crippen LogP contribution in [0.25, 0.3) is 0 Å².